The molecule has 92 valence electrons. The quantitative estimate of drug-likeness (QED) is 0.847. The highest BCUT2D eigenvalue weighted by atomic mass is 35.5. The maximum absolute atomic E-state index is 11.9. The average molecular weight is 262 g/mol. The summed E-state index contributed by atoms with van der Waals surface area (Å²) in [5, 5.41) is 0.617. The van der Waals surface area contributed by atoms with Crippen LogP contribution < -0.4 is 10.1 Å². The standard InChI is InChI=1S/C14H13ClN2O/c1-2-11-7-9-17(10-8-11)16-14(18)12-3-5-13(15)6-4-12/h3-10H,2H2,1H3/p+1. The lowest BCUT2D eigenvalue weighted by molar-refractivity contribution is -0.641. The van der Waals surface area contributed by atoms with E-state index in [0.29, 0.717) is 10.6 Å². The smallest absolute Gasteiger partial charge is 0.264 e. The molecule has 0 bridgehead atoms. The molecular weight excluding hydrogens is 248 g/mol. The summed E-state index contributed by atoms with van der Waals surface area (Å²) < 4.78 is 1.64. The van der Waals surface area contributed by atoms with Gasteiger partial charge in [-0.25, -0.2) is 0 Å². The molecule has 0 fully saturated rings. The molecule has 4 heteroatoms. The van der Waals surface area contributed by atoms with Crippen molar-refractivity contribution in [2.75, 3.05) is 5.43 Å². The fraction of sp³-hybridized carbons (Fsp3) is 0.143. The first-order valence-corrected chi connectivity index (χ1v) is 6.14. The number of carbonyl (C=O) groups is 1. The van der Waals surface area contributed by atoms with E-state index in [9.17, 15) is 4.79 Å². The topological polar surface area (TPSA) is 33.0 Å². The number of amides is 1. The largest absolute Gasteiger partial charge is 0.305 e. The Morgan fingerprint density at radius 2 is 1.78 bits per heavy atom. The third-order valence-corrected chi connectivity index (χ3v) is 2.90. The predicted octanol–water partition coefficient (Wildman–Crippen LogP) is 2.57. The molecule has 0 saturated carbocycles. The van der Waals surface area contributed by atoms with Gasteiger partial charge in [-0.15, -0.1) is 5.43 Å². The highest BCUT2D eigenvalue weighted by molar-refractivity contribution is 6.30. The molecule has 18 heavy (non-hydrogen) atoms. The predicted molar refractivity (Wildman–Crippen MR) is 71.2 cm³/mol. The van der Waals surface area contributed by atoms with Crippen LogP contribution >= 0.6 is 11.6 Å². The second-order valence-electron chi connectivity index (χ2n) is 3.92. The van der Waals surface area contributed by atoms with Crippen molar-refractivity contribution in [2.24, 2.45) is 0 Å². The molecule has 2 rings (SSSR count). The molecule has 1 aromatic heterocycles. The first kappa shape index (κ1) is 12.6. The Kier molecular flexibility index (Phi) is 3.95. The van der Waals surface area contributed by atoms with Gasteiger partial charge in [0.2, 0.25) is 0 Å². The van der Waals surface area contributed by atoms with Crippen LogP contribution in [0, 0.1) is 0 Å². The monoisotopic (exact) mass is 261 g/mol. The summed E-state index contributed by atoms with van der Waals surface area (Å²) in [4.78, 5) is 11.9. The average Bonchev–Trinajstić information content (AvgIpc) is 2.40. The van der Waals surface area contributed by atoms with Crippen molar-refractivity contribution in [1.29, 1.82) is 0 Å². The van der Waals surface area contributed by atoms with E-state index in [1.807, 2.05) is 24.5 Å². The van der Waals surface area contributed by atoms with Crippen molar-refractivity contribution in [3.63, 3.8) is 0 Å². The van der Waals surface area contributed by atoms with Crippen molar-refractivity contribution >= 4 is 17.5 Å². The molecule has 0 atom stereocenters. The maximum atomic E-state index is 11.9. The molecule has 1 heterocycles. The number of aromatic nitrogens is 1. The van der Waals surface area contributed by atoms with Crippen molar-refractivity contribution in [3.05, 3.63) is 64.9 Å². The van der Waals surface area contributed by atoms with E-state index in [2.05, 4.69) is 12.3 Å². The van der Waals surface area contributed by atoms with E-state index in [-0.39, 0.29) is 5.91 Å². The van der Waals surface area contributed by atoms with Gasteiger partial charge >= 0.3 is 5.91 Å². The zero-order valence-corrected chi connectivity index (χ0v) is 10.8. The second kappa shape index (κ2) is 5.65. The Labute approximate surface area is 111 Å². The van der Waals surface area contributed by atoms with Gasteiger partial charge in [0.05, 0.1) is 0 Å². The Morgan fingerprint density at radius 3 is 2.33 bits per heavy atom. The van der Waals surface area contributed by atoms with Gasteiger partial charge in [0.25, 0.3) is 0 Å². The third kappa shape index (κ3) is 3.08. The summed E-state index contributed by atoms with van der Waals surface area (Å²) in [5.74, 6) is -0.166. The lowest BCUT2D eigenvalue weighted by Gasteiger charge is -2.00. The summed E-state index contributed by atoms with van der Waals surface area (Å²) in [6.45, 7) is 2.09. The van der Waals surface area contributed by atoms with Crippen LogP contribution in [-0.2, 0) is 6.42 Å². The number of rotatable bonds is 3. The van der Waals surface area contributed by atoms with Crippen molar-refractivity contribution in [3.8, 4) is 0 Å². The molecule has 0 radical (unpaired) electrons. The van der Waals surface area contributed by atoms with Gasteiger partial charge in [-0.2, -0.15) is 0 Å². The van der Waals surface area contributed by atoms with E-state index >= 15 is 0 Å². The van der Waals surface area contributed by atoms with Gasteiger partial charge in [0, 0.05) is 22.7 Å². The molecule has 2 aromatic rings. The molecule has 0 aliphatic heterocycles. The van der Waals surface area contributed by atoms with Gasteiger partial charge in [-0.3, -0.25) is 4.79 Å². The highest BCUT2D eigenvalue weighted by Crippen LogP contribution is 2.09. The lowest BCUT2D eigenvalue weighted by Crippen LogP contribution is -2.47. The summed E-state index contributed by atoms with van der Waals surface area (Å²) >= 11 is 5.77. The first-order valence-electron chi connectivity index (χ1n) is 5.76. The normalized spacial score (nSPS) is 10.1. The lowest BCUT2D eigenvalue weighted by atomic mass is 10.2. The van der Waals surface area contributed by atoms with Gasteiger partial charge < -0.3 is 0 Å². The Hall–Kier alpha value is -1.87. The van der Waals surface area contributed by atoms with Gasteiger partial charge in [-0.05, 0) is 36.2 Å². The number of aryl methyl sites for hydroxylation is 1. The van der Waals surface area contributed by atoms with Crippen LogP contribution in [-0.4, -0.2) is 5.91 Å². The summed E-state index contributed by atoms with van der Waals surface area (Å²) in [5.41, 5.74) is 4.57. The summed E-state index contributed by atoms with van der Waals surface area (Å²) in [6, 6.07) is 10.7. The molecule has 0 aliphatic rings. The number of nitrogens with zero attached hydrogens (tertiary/aromatic N) is 1. The third-order valence-electron chi connectivity index (χ3n) is 2.64. The van der Waals surface area contributed by atoms with Crippen molar-refractivity contribution in [2.45, 2.75) is 13.3 Å². The highest BCUT2D eigenvalue weighted by Gasteiger charge is 2.09. The molecule has 1 N–H and O–H groups in total. The number of carbonyl (C=O) groups excluding carboxylic acids is 1. The molecule has 0 saturated heterocycles. The van der Waals surface area contributed by atoms with E-state index in [1.54, 1.807) is 28.9 Å². The minimum Gasteiger partial charge on any atom is -0.264 e. The molecule has 1 aromatic carbocycles. The Bertz CT molecular complexity index is 535. The zero-order valence-electron chi connectivity index (χ0n) is 10.1. The van der Waals surface area contributed by atoms with Crippen molar-refractivity contribution in [1.82, 2.24) is 0 Å². The van der Waals surface area contributed by atoms with Crippen LogP contribution in [0.4, 0.5) is 0 Å². The van der Waals surface area contributed by atoms with Gasteiger partial charge in [0.1, 0.15) is 0 Å². The minimum atomic E-state index is -0.166. The molecule has 3 nitrogen and oxygen atoms in total. The summed E-state index contributed by atoms with van der Waals surface area (Å²) in [6.07, 6.45) is 4.63. The maximum Gasteiger partial charge on any atom is 0.305 e. The molecule has 1 amide bonds. The van der Waals surface area contributed by atoms with Crippen LogP contribution in [0.15, 0.2) is 48.8 Å². The summed E-state index contributed by atoms with van der Waals surface area (Å²) in [7, 11) is 0. The van der Waals surface area contributed by atoms with Gasteiger partial charge in [0.15, 0.2) is 12.4 Å². The van der Waals surface area contributed by atoms with E-state index in [4.69, 9.17) is 11.6 Å². The van der Waals surface area contributed by atoms with E-state index in [1.165, 1.54) is 5.56 Å². The number of hydrogen-bond donors (Lipinski definition) is 1. The fourth-order valence-corrected chi connectivity index (χ4v) is 1.68. The number of halogens is 1. The van der Waals surface area contributed by atoms with Crippen molar-refractivity contribution < 1.29 is 9.47 Å². The molecule has 0 aliphatic carbocycles. The zero-order chi connectivity index (χ0) is 13.0. The second-order valence-corrected chi connectivity index (χ2v) is 4.35. The Morgan fingerprint density at radius 1 is 1.17 bits per heavy atom. The first-order chi connectivity index (χ1) is 8.69. The molecular formula is C14H14ClN2O+. The van der Waals surface area contributed by atoms with Crippen LogP contribution in [0.25, 0.3) is 0 Å². The van der Waals surface area contributed by atoms with Crippen LogP contribution in [0.1, 0.15) is 22.8 Å². The number of benzene rings is 1. The Balaban J connectivity index is 2.08. The molecule has 0 unspecified atom stereocenters. The minimum absolute atomic E-state index is 0.166. The number of hydrogen-bond acceptors (Lipinski definition) is 1. The van der Waals surface area contributed by atoms with Gasteiger partial charge in [-0.1, -0.05) is 23.2 Å². The van der Waals surface area contributed by atoms with E-state index in [0.717, 1.165) is 6.42 Å². The van der Waals surface area contributed by atoms with Crippen LogP contribution in [0.5, 0.6) is 0 Å². The SMILES string of the molecule is CCc1cc[n+](NC(=O)c2ccc(Cl)cc2)cc1. The number of nitrogens with one attached hydrogen (secondary N) is 1. The van der Waals surface area contributed by atoms with Crippen LogP contribution in [0.3, 0.4) is 0 Å². The fourth-order valence-electron chi connectivity index (χ4n) is 1.55. The number of pyridine rings is 1. The van der Waals surface area contributed by atoms with Crippen LogP contribution in [0.2, 0.25) is 5.02 Å². The molecule has 0 spiro atoms. The van der Waals surface area contributed by atoms with E-state index < -0.39 is 0 Å².